The van der Waals surface area contributed by atoms with Crippen LogP contribution in [0.5, 0.6) is 0 Å². The van der Waals surface area contributed by atoms with Gasteiger partial charge in [0.25, 0.3) is 0 Å². The summed E-state index contributed by atoms with van der Waals surface area (Å²) in [7, 11) is 0. The van der Waals surface area contributed by atoms with Gasteiger partial charge < -0.3 is 10.1 Å². The summed E-state index contributed by atoms with van der Waals surface area (Å²) in [5.41, 5.74) is 2.38. The van der Waals surface area contributed by atoms with Gasteiger partial charge in [-0.05, 0) is 56.0 Å². The molecule has 1 aromatic heterocycles. The summed E-state index contributed by atoms with van der Waals surface area (Å²) in [6, 6.07) is 10.6. The maximum atomic E-state index is 5.74. The van der Waals surface area contributed by atoms with Crippen molar-refractivity contribution in [1.82, 2.24) is 10.3 Å². The zero-order valence-electron chi connectivity index (χ0n) is 11.8. The molecule has 1 aliphatic rings. The summed E-state index contributed by atoms with van der Waals surface area (Å²) in [5.74, 6) is 0. The van der Waals surface area contributed by atoms with Crippen molar-refractivity contribution in [1.29, 1.82) is 0 Å². The Kier molecular flexibility index (Phi) is 4.61. The van der Waals surface area contributed by atoms with E-state index in [0.717, 1.165) is 31.6 Å². The predicted molar refractivity (Wildman–Crippen MR) is 81.7 cm³/mol. The molecule has 0 radical (unpaired) electrons. The number of hydrogen-bond acceptors (Lipinski definition) is 3. The topological polar surface area (TPSA) is 34.2 Å². The molecule has 0 saturated carbocycles. The number of pyridine rings is 1. The molecule has 1 atom stereocenters. The lowest BCUT2D eigenvalue weighted by atomic mass is 10.1. The third-order valence-electron chi connectivity index (χ3n) is 3.91. The number of hydrogen-bond donors (Lipinski definition) is 1. The lowest BCUT2D eigenvalue weighted by Crippen LogP contribution is -2.25. The highest BCUT2D eigenvalue weighted by Gasteiger charge is 2.12. The van der Waals surface area contributed by atoms with Crippen LogP contribution in [0.4, 0.5) is 0 Å². The van der Waals surface area contributed by atoms with Crippen molar-refractivity contribution in [2.24, 2.45) is 0 Å². The van der Waals surface area contributed by atoms with Crippen LogP contribution < -0.4 is 5.32 Å². The molecule has 0 bridgehead atoms. The van der Waals surface area contributed by atoms with Gasteiger partial charge in [0.05, 0.1) is 11.6 Å². The van der Waals surface area contributed by atoms with E-state index in [-0.39, 0.29) is 0 Å². The van der Waals surface area contributed by atoms with Crippen LogP contribution in [-0.2, 0) is 11.3 Å². The van der Waals surface area contributed by atoms with E-state index in [9.17, 15) is 0 Å². The van der Waals surface area contributed by atoms with E-state index >= 15 is 0 Å². The Morgan fingerprint density at radius 2 is 2.25 bits per heavy atom. The number of rotatable bonds is 5. The highest BCUT2D eigenvalue weighted by Crippen LogP contribution is 2.15. The molecular weight excluding hydrogens is 248 g/mol. The van der Waals surface area contributed by atoms with Crippen LogP contribution in [0.2, 0.25) is 0 Å². The summed E-state index contributed by atoms with van der Waals surface area (Å²) in [4.78, 5) is 4.34. The normalized spacial score (nSPS) is 19.3. The molecule has 1 unspecified atom stereocenters. The first-order valence-corrected chi connectivity index (χ1v) is 7.58. The van der Waals surface area contributed by atoms with Crippen LogP contribution in [-0.4, -0.2) is 24.2 Å². The van der Waals surface area contributed by atoms with Gasteiger partial charge in [-0.1, -0.05) is 12.1 Å². The highest BCUT2D eigenvalue weighted by atomic mass is 16.5. The number of nitrogens with zero attached hydrogens (tertiary/aromatic N) is 1. The average Bonchev–Trinajstić information content (AvgIpc) is 2.52. The molecule has 3 rings (SSSR count). The Balaban J connectivity index is 1.47. The molecule has 0 spiro atoms. The van der Waals surface area contributed by atoms with E-state index < -0.39 is 0 Å². The minimum atomic E-state index is 0.469. The zero-order valence-corrected chi connectivity index (χ0v) is 11.8. The fourth-order valence-electron chi connectivity index (χ4n) is 2.77. The van der Waals surface area contributed by atoms with Crippen molar-refractivity contribution >= 4 is 10.9 Å². The van der Waals surface area contributed by atoms with E-state index in [0.29, 0.717) is 6.10 Å². The van der Waals surface area contributed by atoms with Crippen LogP contribution in [0.3, 0.4) is 0 Å². The van der Waals surface area contributed by atoms with E-state index in [1.165, 1.54) is 30.2 Å². The van der Waals surface area contributed by atoms with Crippen LogP contribution in [0.1, 0.15) is 31.2 Å². The predicted octanol–water partition coefficient (Wildman–Crippen LogP) is 3.28. The molecule has 3 heteroatoms. The second-order valence-corrected chi connectivity index (χ2v) is 5.48. The van der Waals surface area contributed by atoms with Crippen molar-refractivity contribution in [2.75, 3.05) is 13.2 Å². The van der Waals surface area contributed by atoms with Crippen LogP contribution >= 0.6 is 0 Å². The third-order valence-corrected chi connectivity index (χ3v) is 3.91. The minimum Gasteiger partial charge on any atom is -0.378 e. The van der Waals surface area contributed by atoms with Crippen molar-refractivity contribution in [3.8, 4) is 0 Å². The van der Waals surface area contributed by atoms with Gasteiger partial charge in [-0.2, -0.15) is 0 Å². The van der Waals surface area contributed by atoms with Crippen LogP contribution in [0, 0.1) is 0 Å². The van der Waals surface area contributed by atoms with Gasteiger partial charge in [0.2, 0.25) is 0 Å². The molecule has 0 aliphatic carbocycles. The van der Waals surface area contributed by atoms with Gasteiger partial charge in [-0.3, -0.25) is 4.98 Å². The number of ether oxygens (including phenoxy) is 1. The first-order chi connectivity index (χ1) is 9.92. The fraction of sp³-hybridized carbons (Fsp3) is 0.471. The maximum Gasteiger partial charge on any atom is 0.0702 e. The van der Waals surface area contributed by atoms with Crippen molar-refractivity contribution in [3.05, 3.63) is 42.1 Å². The lowest BCUT2D eigenvalue weighted by molar-refractivity contribution is 0.0115. The second kappa shape index (κ2) is 6.82. The second-order valence-electron chi connectivity index (χ2n) is 5.48. The molecule has 20 heavy (non-hydrogen) atoms. The van der Waals surface area contributed by atoms with E-state index in [4.69, 9.17) is 4.74 Å². The largest absolute Gasteiger partial charge is 0.378 e. The summed E-state index contributed by atoms with van der Waals surface area (Å²) in [6.45, 7) is 2.88. The van der Waals surface area contributed by atoms with Gasteiger partial charge in [-0.25, -0.2) is 0 Å². The van der Waals surface area contributed by atoms with Gasteiger partial charge in [0.15, 0.2) is 0 Å². The highest BCUT2D eigenvalue weighted by molar-refractivity contribution is 5.78. The molecule has 1 N–H and O–H groups in total. The zero-order chi connectivity index (χ0) is 13.6. The molecule has 2 aromatic rings. The smallest absolute Gasteiger partial charge is 0.0702 e. The quantitative estimate of drug-likeness (QED) is 0.847. The number of nitrogens with one attached hydrogen (secondary N) is 1. The molecule has 1 fully saturated rings. The van der Waals surface area contributed by atoms with Gasteiger partial charge in [0.1, 0.15) is 0 Å². The van der Waals surface area contributed by atoms with Gasteiger partial charge >= 0.3 is 0 Å². The molecular formula is C17H22N2O. The van der Waals surface area contributed by atoms with E-state index in [1.54, 1.807) is 0 Å². The van der Waals surface area contributed by atoms with Crippen molar-refractivity contribution in [3.63, 3.8) is 0 Å². The number of fused-ring (bicyclic) bond motifs is 1. The van der Waals surface area contributed by atoms with Crippen molar-refractivity contribution < 1.29 is 4.74 Å². The molecule has 1 aromatic carbocycles. The fourth-order valence-corrected chi connectivity index (χ4v) is 2.77. The van der Waals surface area contributed by atoms with Crippen molar-refractivity contribution in [2.45, 2.75) is 38.3 Å². The first-order valence-electron chi connectivity index (χ1n) is 7.58. The summed E-state index contributed by atoms with van der Waals surface area (Å²) >= 11 is 0. The lowest BCUT2D eigenvalue weighted by Gasteiger charge is -2.22. The SMILES string of the molecule is c1cnc2ccc(CNCCC3CCCCO3)cc2c1. The van der Waals surface area contributed by atoms with E-state index in [2.05, 4.69) is 34.6 Å². The minimum absolute atomic E-state index is 0.469. The molecule has 1 aliphatic heterocycles. The Morgan fingerprint density at radius 1 is 1.25 bits per heavy atom. The Labute approximate surface area is 120 Å². The standard InChI is InChI=1S/C17H22N2O/c1-2-11-20-16(5-1)8-10-18-13-14-6-7-17-15(12-14)4-3-9-19-17/h3-4,6-7,9,12,16,18H,1-2,5,8,10-11,13H2. The van der Waals surface area contributed by atoms with Gasteiger partial charge in [0, 0.05) is 24.7 Å². The van der Waals surface area contributed by atoms with E-state index in [1.807, 2.05) is 12.3 Å². The Bertz CT molecular complexity index is 549. The number of aromatic nitrogens is 1. The molecule has 0 amide bonds. The van der Waals surface area contributed by atoms with Gasteiger partial charge in [-0.15, -0.1) is 0 Å². The number of benzene rings is 1. The maximum absolute atomic E-state index is 5.74. The molecule has 1 saturated heterocycles. The Hall–Kier alpha value is -1.45. The summed E-state index contributed by atoms with van der Waals surface area (Å²) in [5, 5.41) is 4.72. The summed E-state index contributed by atoms with van der Waals surface area (Å²) < 4.78 is 5.74. The molecule has 3 nitrogen and oxygen atoms in total. The van der Waals surface area contributed by atoms with Crippen LogP contribution in [0.15, 0.2) is 36.5 Å². The third kappa shape index (κ3) is 3.56. The monoisotopic (exact) mass is 270 g/mol. The molecule has 106 valence electrons. The van der Waals surface area contributed by atoms with Crippen LogP contribution in [0.25, 0.3) is 10.9 Å². The average molecular weight is 270 g/mol. The Morgan fingerprint density at radius 3 is 3.15 bits per heavy atom. The summed E-state index contributed by atoms with van der Waals surface area (Å²) in [6.07, 6.45) is 7.21. The first kappa shape index (κ1) is 13.5. The molecule has 2 heterocycles.